The van der Waals surface area contributed by atoms with E-state index in [-0.39, 0.29) is 11.1 Å². The number of halogens is 4. The summed E-state index contributed by atoms with van der Waals surface area (Å²) in [7, 11) is 0. The summed E-state index contributed by atoms with van der Waals surface area (Å²) in [6, 6.07) is 3.91. The van der Waals surface area contributed by atoms with Crippen molar-refractivity contribution in [2.75, 3.05) is 0 Å². The molecule has 0 aliphatic carbocycles. The van der Waals surface area contributed by atoms with Gasteiger partial charge >= 0.3 is 18.1 Å². The molecule has 1 aromatic rings. The average Bonchev–Trinajstić information content (AvgIpc) is 2.23. The molecule has 8 heteroatoms. The van der Waals surface area contributed by atoms with Gasteiger partial charge in [-0.3, -0.25) is 4.79 Å². The molecule has 2 N–H and O–H groups in total. The summed E-state index contributed by atoms with van der Waals surface area (Å²) >= 11 is 3.03. The first-order valence-corrected chi connectivity index (χ1v) is 5.37. The molecule has 0 radical (unpaired) electrons. The molecule has 0 fully saturated rings. The van der Waals surface area contributed by atoms with E-state index in [1.54, 1.807) is 5.32 Å². The zero-order valence-corrected chi connectivity index (χ0v) is 10.3. The number of nitrogens with one attached hydrogen (secondary N) is 1. The lowest BCUT2D eigenvalue weighted by atomic mass is 10.1. The number of hydrogen-bond acceptors (Lipinski definition) is 2. The number of hydrogen-bond donors (Lipinski definition) is 2. The smallest absolute Gasteiger partial charge is 0.471 e. The second-order valence-electron chi connectivity index (χ2n) is 3.33. The zero-order chi connectivity index (χ0) is 13.9. The SMILES string of the molecule is O=C(O)c1cc(Br)cc(CNC(=O)C(F)(F)F)c1. The third-order valence-electron chi connectivity index (χ3n) is 1.92. The van der Waals surface area contributed by atoms with Crippen LogP contribution in [0.25, 0.3) is 0 Å². The first-order valence-electron chi connectivity index (χ1n) is 4.58. The van der Waals surface area contributed by atoms with Gasteiger partial charge in [0, 0.05) is 11.0 Å². The highest BCUT2D eigenvalue weighted by atomic mass is 79.9. The lowest BCUT2D eigenvalue weighted by Gasteiger charge is -2.08. The maximum Gasteiger partial charge on any atom is 0.471 e. The molecule has 0 aliphatic rings. The summed E-state index contributed by atoms with van der Waals surface area (Å²) in [5.74, 6) is -3.28. The minimum atomic E-state index is -4.96. The molecule has 0 bridgehead atoms. The van der Waals surface area contributed by atoms with Crippen LogP contribution in [0.5, 0.6) is 0 Å². The Morgan fingerprint density at radius 2 is 1.89 bits per heavy atom. The molecule has 1 aromatic carbocycles. The summed E-state index contributed by atoms with van der Waals surface area (Å²) < 4.78 is 36.2. The Kier molecular flexibility index (Phi) is 4.33. The minimum Gasteiger partial charge on any atom is -0.478 e. The van der Waals surface area contributed by atoms with Gasteiger partial charge in [-0.15, -0.1) is 0 Å². The molecule has 0 unspecified atom stereocenters. The average molecular weight is 326 g/mol. The number of carbonyl (C=O) groups is 2. The Morgan fingerprint density at radius 3 is 2.39 bits per heavy atom. The highest BCUT2D eigenvalue weighted by molar-refractivity contribution is 9.10. The van der Waals surface area contributed by atoms with E-state index in [0.29, 0.717) is 4.47 Å². The minimum absolute atomic E-state index is 0.0827. The summed E-state index contributed by atoms with van der Waals surface area (Å²) in [5.41, 5.74) is 0.167. The number of benzene rings is 1. The van der Waals surface area contributed by atoms with E-state index in [4.69, 9.17) is 5.11 Å². The molecular weight excluding hydrogens is 319 g/mol. The van der Waals surface area contributed by atoms with Crippen LogP contribution in [0.2, 0.25) is 0 Å². The third-order valence-corrected chi connectivity index (χ3v) is 2.37. The molecule has 0 spiro atoms. The molecule has 98 valence electrons. The molecule has 0 aromatic heterocycles. The molecule has 0 heterocycles. The van der Waals surface area contributed by atoms with E-state index in [9.17, 15) is 22.8 Å². The van der Waals surface area contributed by atoms with Gasteiger partial charge in [0.1, 0.15) is 0 Å². The number of carbonyl (C=O) groups excluding carboxylic acids is 1. The van der Waals surface area contributed by atoms with Crippen molar-refractivity contribution in [1.29, 1.82) is 0 Å². The van der Waals surface area contributed by atoms with Crippen molar-refractivity contribution in [3.8, 4) is 0 Å². The van der Waals surface area contributed by atoms with Crippen LogP contribution in [0.15, 0.2) is 22.7 Å². The lowest BCUT2D eigenvalue weighted by molar-refractivity contribution is -0.173. The first kappa shape index (κ1) is 14.5. The van der Waals surface area contributed by atoms with E-state index in [2.05, 4.69) is 15.9 Å². The van der Waals surface area contributed by atoms with E-state index in [0.717, 1.165) is 0 Å². The van der Waals surface area contributed by atoms with Gasteiger partial charge in [0.15, 0.2) is 0 Å². The number of rotatable bonds is 3. The predicted octanol–water partition coefficient (Wildman–Crippen LogP) is 2.33. The van der Waals surface area contributed by atoms with Crippen LogP contribution in [0.1, 0.15) is 15.9 Å². The van der Waals surface area contributed by atoms with E-state index in [1.807, 2.05) is 0 Å². The van der Waals surface area contributed by atoms with Gasteiger partial charge in [-0.05, 0) is 23.8 Å². The first-order chi connectivity index (χ1) is 8.20. The van der Waals surface area contributed by atoms with Crippen molar-refractivity contribution in [3.63, 3.8) is 0 Å². The number of alkyl halides is 3. The van der Waals surface area contributed by atoms with Crippen molar-refractivity contribution >= 4 is 27.8 Å². The molecule has 0 saturated carbocycles. The fraction of sp³-hybridized carbons (Fsp3) is 0.200. The maximum atomic E-state index is 11.9. The second-order valence-corrected chi connectivity index (χ2v) is 4.25. The van der Waals surface area contributed by atoms with Crippen LogP contribution in [0.3, 0.4) is 0 Å². The third kappa shape index (κ3) is 4.02. The Labute approximate surface area is 108 Å². The van der Waals surface area contributed by atoms with Crippen LogP contribution in [-0.4, -0.2) is 23.2 Å². The Morgan fingerprint density at radius 1 is 1.28 bits per heavy atom. The van der Waals surface area contributed by atoms with Gasteiger partial charge < -0.3 is 10.4 Å². The second kappa shape index (κ2) is 5.38. The maximum absolute atomic E-state index is 11.9. The van der Waals surface area contributed by atoms with Gasteiger partial charge in [-0.1, -0.05) is 15.9 Å². The van der Waals surface area contributed by atoms with Crippen LogP contribution >= 0.6 is 15.9 Å². The van der Waals surface area contributed by atoms with E-state index >= 15 is 0 Å². The van der Waals surface area contributed by atoms with Gasteiger partial charge in [-0.25, -0.2) is 4.79 Å². The molecular formula is C10H7BrF3NO3. The van der Waals surface area contributed by atoms with Crippen molar-refractivity contribution in [3.05, 3.63) is 33.8 Å². The largest absolute Gasteiger partial charge is 0.478 e. The topological polar surface area (TPSA) is 66.4 Å². The Hall–Kier alpha value is -1.57. The lowest BCUT2D eigenvalue weighted by Crippen LogP contribution is -2.36. The normalized spacial score (nSPS) is 11.1. The molecule has 0 atom stereocenters. The zero-order valence-electron chi connectivity index (χ0n) is 8.71. The predicted molar refractivity (Wildman–Crippen MR) is 59.0 cm³/mol. The quantitative estimate of drug-likeness (QED) is 0.896. The summed E-state index contributed by atoms with van der Waals surface area (Å²) in [6.07, 6.45) is -4.96. The fourth-order valence-electron chi connectivity index (χ4n) is 1.16. The number of carboxylic acid groups (broad SMARTS) is 1. The monoisotopic (exact) mass is 325 g/mol. The number of aromatic carboxylic acids is 1. The highest BCUT2D eigenvalue weighted by Gasteiger charge is 2.38. The van der Waals surface area contributed by atoms with Crippen LogP contribution in [0, 0.1) is 0 Å². The van der Waals surface area contributed by atoms with Gasteiger partial charge in [0.2, 0.25) is 0 Å². The fourth-order valence-corrected chi connectivity index (χ4v) is 1.70. The van der Waals surface area contributed by atoms with Gasteiger partial charge in [0.25, 0.3) is 0 Å². The molecule has 18 heavy (non-hydrogen) atoms. The van der Waals surface area contributed by atoms with Crippen molar-refractivity contribution in [2.24, 2.45) is 0 Å². The molecule has 1 amide bonds. The van der Waals surface area contributed by atoms with Crippen LogP contribution in [-0.2, 0) is 11.3 Å². The van der Waals surface area contributed by atoms with E-state index in [1.165, 1.54) is 18.2 Å². The molecule has 4 nitrogen and oxygen atoms in total. The summed E-state index contributed by atoms with van der Waals surface area (Å²) in [4.78, 5) is 21.3. The number of carboxylic acids is 1. The van der Waals surface area contributed by atoms with Crippen LogP contribution < -0.4 is 5.32 Å². The Balaban J connectivity index is 2.80. The van der Waals surface area contributed by atoms with Crippen molar-refractivity contribution < 1.29 is 27.9 Å². The highest BCUT2D eigenvalue weighted by Crippen LogP contribution is 2.17. The molecule has 0 saturated heterocycles. The summed E-state index contributed by atoms with van der Waals surface area (Å²) in [5, 5.41) is 10.4. The van der Waals surface area contributed by atoms with Crippen LogP contribution in [0.4, 0.5) is 13.2 Å². The van der Waals surface area contributed by atoms with Crippen molar-refractivity contribution in [2.45, 2.75) is 12.7 Å². The summed E-state index contributed by atoms with van der Waals surface area (Å²) in [6.45, 7) is -0.405. The van der Waals surface area contributed by atoms with Gasteiger partial charge in [-0.2, -0.15) is 13.2 Å². The van der Waals surface area contributed by atoms with E-state index < -0.39 is 24.6 Å². The standard InChI is InChI=1S/C10H7BrF3NO3/c11-7-2-5(1-6(3-7)8(16)17)4-15-9(18)10(12,13)14/h1-3H,4H2,(H,15,18)(H,16,17). The molecule has 1 rings (SSSR count). The van der Waals surface area contributed by atoms with Crippen molar-refractivity contribution in [1.82, 2.24) is 5.32 Å². The molecule has 0 aliphatic heterocycles. The Bertz CT molecular complexity index is 488. The number of amides is 1. The van der Waals surface area contributed by atoms with Gasteiger partial charge in [0.05, 0.1) is 5.56 Å².